The minimum absolute atomic E-state index is 0.0317. The van der Waals surface area contributed by atoms with Crippen LogP contribution in [0.1, 0.15) is 6.42 Å². The fraction of sp³-hybridized carbons (Fsp3) is 0.625. The molecule has 68 valence electrons. The van der Waals surface area contributed by atoms with Crippen LogP contribution in [0.25, 0.3) is 0 Å². The monoisotopic (exact) mass is 170 g/mol. The molecule has 0 aliphatic carbocycles. The zero-order chi connectivity index (χ0) is 8.97. The fourth-order valence-corrected chi connectivity index (χ4v) is 1.18. The Kier molecular flexibility index (Phi) is 3.25. The third kappa shape index (κ3) is 2.32. The number of nitrogens with one attached hydrogen (secondary N) is 1. The summed E-state index contributed by atoms with van der Waals surface area (Å²) in [5, 5.41) is 2.76. The van der Waals surface area contributed by atoms with E-state index in [1.807, 2.05) is 0 Å². The number of amides is 1. The van der Waals surface area contributed by atoms with Crippen LogP contribution in [0.5, 0.6) is 0 Å². The number of rotatable bonds is 2. The largest absolute Gasteiger partial charge is 0.380 e. The van der Waals surface area contributed by atoms with E-state index in [-0.39, 0.29) is 18.0 Å². The Morgan fingerprint density at radius 3 is 3.08 bits per heavy atom. The van der Waals surface area contributed by atoms with Crippen molar-refractivity contribution >= 4 is 5.91 Å². The van der Waals surface area contributed by atoms with Crippen LogP contribution in [-0.2, 0) is 9.53 Å². The van der Waals surface area contributed by atoms with Crippen molar-refractivity contribution in [2.24, 2.45) is 5.73 Å². The zero-order valence-electron chi connectivity index (χ0n) is 6.95. The van der Waals surface area contributed by atoms with Crippen molar-refractivity contribution in [2.45, 2.75) is 18.5 Å². The van der Waals surface area contributed by atoms with Crippen LogP contribution in [0, 0.1) is 0 Å². The van der Waals surface area contributed by atoms with Crippen molar-refractivity contribution in [3.63, 3.8) is 0 Å². The summed E-state index contributed by atoms with van der Waals surface area (Å²) in [4.78, 5) is 10.9. The maximum absolute atomic E-state index is 10.9. The summed E-state index contributed by atoms with van der Waals surface area (Å²) < 4.78 is 5.13. The highest BCUT2D eigenvalue weighted by Crippen LogP contribution is 2.05. The molecule has 1 aliphatic rings. The van der Waals surface area contributed by atoms with E-state index in [9.17, 15) is 4.79 Å². The predicted octanol–water partition coefficient (Wildman–Crippen LogP) is -0.595. The molecule has 1 rings (SSSR count). The van der Waals surface area contributed by atoms with Crippen molar-refractivity contribution in [1.29, 1.82) is 0 Å². The molecule has 3 N–H and O–H groups in total. The molecule has 1 aliphatic heterocycles. The van der Waals surface area contributed by atoms with E-state index in [2.05, 4.69) is 11.9 Å². The van der Waals surface area contributed by atoms with E-state index in [4.69, 9.17) is 10.5 Å². The number of nitrogens with two attached hydrogens (primary N) is 1. The molecular weight excluding hydrogens is 156 g/mol. The molecule has 4 nitrogen and oxygen atoms in total. The zero-order valence-corrected chi connectivity index (χ0v) is 6.95. The summed E-state index contributed by atoms with van der Waals surface area (Å²) in [6, 6.07) is -0.0631. The quantitative estimate of drug-likeness (QED) is 0.544. The van der Waals surface area contributed by atoms with Gasteiger partial charge in [0, 0.05) is 18.7 Å². The van der Waals surface area contributed by atoms with Gasteiger partial charge in [-0.1, -0.05) is 6.58 Å². The lowest BCUT2D eigenvalue weighted by Gasteiger charge is -2.28. The molecule has 1 heterocycles. The van der Waals surface area contributed by atoms with Crippen LogP contribution in [0.4, 0.5) is 0 Å². The van der Waals surface area contributed by atoms with Gasteiger partial charge in [-0.25, -0.2) is 0 Å². The molecule has 4 heteroatoms. The number of hydrogen-bond donors (Lipinski definition) is 2. The molecule has 0 aromatic rings. The maximum atomic E-state index is 10.9. The first kappa shape index (κ1) is 9.22. The molecule has 12 heavy (non-hydrogen) atoms. The first-order valence-corrected chi connectivity index (χ1v) is 4.00. The average Bonchev–Trinajstić information content (AvgIpc) is 2.09. The Hall–Kier alpha value is -0.870. The van der Waals surface area contributed by atoms with Crippen LogP contribution in [-0.4, -0.2) is 31.2 Å². The lowest BCUT2D eigenvalue weighted by atomic mass is 10.0. The second kappa shape index (κ2) is 4.23. The third-order valence-corrected chi connectivity index (χ3v) is 1.91. The molecule has 2 atom stereocenters. The number of hydrogen-bond acceptors (Lipinski definition) is 3. The van der Waals surface area contributed by atoms with Crippen molar-refractivity contribution in [3.05, 3.63) is 12.7 Å². The topological polar surface area (TPSA) is 64.3 Å². The van der Waals surface area contributed by atoms with Gasteiger partial charge in [-0.3, -0.25) is 4.79 Å². The van der Waals surface area contributed by atoms with E-state index >= 15 is 0 Å². The fourth-order valence-electron chi connectivity index (χ4n) is 1.18. The van der Waals surface area contributed by atoms with Crippen molar-refractivity contribution in [2.75, 3.05) is 13.2 Å². The molecule has 1 amide bonds. The smallest absolute Gasteiger partial charge is 0.243 e. The number of carbonyl (C=O) groups excluding carboxylic acids is 1. The summed E-state index contributed by atoms with van der Waals surface area (Å²) in [7, 11) is 0. The molecule has 0 saturated carbocycles. The Morgan fingerprint density at radius 2 is 2.50 bits per heavy atom. The van der Waals surface area contributed by atoms with Gasteiger partial charge in [0.05, 0.1) is 6.61 Å². The van der Waals surface area contributed by atoms with Crippen LogP contribution in [0.2, 0.25) is 0 Å². The molecule has 0 unspecified atom stereocenters. The normalized spacial score (nSPS) is 29.4. The molecule has 0 radical (unpaired) electrons. The molecule has 0 bridgehead atoms. The van der Waals surface area contributed by atoms with Crippen LogP contribution in [0.3, 0.4) is 0 Å². The van der Waals surface area contributed by atoms with E-state index < -0.39 is 0 Å². The molecule has 1 fully saturated rings. The van der Waals surface area contributed by atoms with Crippen molar-refractivity contribution in [3.8, 4) is 0 Å². The highest BCUT2D eigenvalue weighted by molar-refractivity contribution is 5.87. The lowest BCUT2D eigenvalue weighted by Crippen LogP contribution is -2.52. The predicted molar refractivity (Wildman–Crippen MR) is 45.5 cm³/mol. The van der Waals surface area contributed by atoms with Gasteiger partial charge >= 0.3 is 0 Å². The van der Waals surface area contributed by atoms with E-state index in [0.717, 1.165) is 6.42 Å². The van der Waals surface area contributed by atoms with Gasteiger partial charge in [-0.15, -0.1) is 0 Å². The van der Waals surface area contributed by atoms with Crippen LogP contribution >= 0.6 is 0 Å². The SMILES string of the molecule is C=CC(=O)N[C@@H]1CCOC[C@H]1N. The van der Waals surface area contributed by atoms with Gasteiger partial charge in [0.25, 0.3) is 0 Å². The van der Waals surface area contributed by atoms with E-state index in [1.165, 1.54) is 6.08 Å². The Balaban J connectivity index is 2.38. The van der Waals surface area contributed by atoms with Crippen molar-refractivity contribution in [1.82, 2.24) is 5.32 Å². The lowest BCUT2D eigenvalue weighted by molar-refractivity contribution is -0.117. The second-order valence-electron chi connectivity index (χ2n) is 2.85. The van der Waals surface area contributed by atoms with Gasteiger partial charge < -0.3 is 15.8 Å². The maximum Gasteiger partial charge on any atom is 0.243 e. The second-order valence-corrected chi connectivity index (χ2v) is 2.85. The first-order valence-electron chi connectivity index (χ1n) is 4.00. The molecular formula is C8H14N2O2. The van der Waals surface area contributed by atoms with Gasteiger partial charge in [0.2, 0.25) is 5.91 Å². The summed E-state index contributed by atoms with van der Waals surface area (Å²) in [5.74, 6) is -0.169. The molecule has 0 spiro atoms. The third-order valence-electron chi connectivity index (χ3n) is 1.91. The van der Waals surface area contributed by atoms with E-state index in [0.29, 0.717) is 13.2 Å². The summed E-state index contributed by atoms with van der Waals surface area (Å²) in [6.45, 7) is 4.55. The van der Waals surface area contributed by atoms with Gasteiger partial charge in [-0.05, 0) is 12.5 Å². The van der Waals surface area contributed by atoms with Gasteiger partial charge in [-0.2, -0.15) is 0 Å². The van der Waals surface area contributed by atoms with E-state index in [1.54, 1.807) is 0 Å². The number of ether oxygens (including phenoxy) is 1. The Bertz CT molecular complexity index is 182. The van der Waals surface area contributed by atoms with Crippen LogP contribution in [0.15, 0.2) is 12.7 Å². The highest BCUT2D eigenvalue weighted by atomic mass is 16.5. The first-order chi connectivity index (χ1) is 5.74. The molecule has 0 aromatic heterocycles. The minimum Gasteiger partial charge on any atom is -0.380 e. The average molecular weight is 170 g/mol. The summed E-state index contributed by atoms with van der Waals surface area (Å²) in [5.41, 5.74) is 5.71. The number of carbonyl (C=O) groups is 1. The Labute approximate surface area is 71.8 Å². The van der Waals surface area contributed by atoms with Crippen LogP contribution < -0.4 is 11.1 Å². The standard InChI is InChI=1S/C8H14N2O2/c1-2-8(11)10-7-3-4-12-5-6(7)9/h2,6-7H,1,3-5,9H2,(H,10,11)/t6-,7-/m1/s1. The summed E-state index contributed by atoms with van der Waals surface area (Å²) >= 11 is 0. The molecule has 0 aromatic carbocycles. The van der Waals surface area contributed by atoms with Crippen molar-refractivity contribution < 1.29 is 9.53 Å². The van der Waals surface area contributed by atoms with Gasteiger partial charge in [0.15, 0.2) is 0 Å². The van der Waals surface area contributed by atoms with Gasteiger partial charge in [0.1, 0.15) is 0 Å². The minimum atomic E-state index is -0.169. The summed E-state index contributed by atoms with van der Waals surface area (Å²) in [6.07, 6.45) is 2.03. The Morgan fingerprint density at radius 1 is 1.75 bits per heavy atom. The highest BCUT2D eigenvalue weighted by Gasteiger charge is 2.22. The molecule has 1 saturated heterocycles.